The Hall–Kier alpha value is -1.64. The minimum absolute atomic E-state index is 0.138. The van der Waals surface area contributed by atoms with E-state index >= 15 is 0 Å². The van der Waals surface area contributed by atoms with Crippen LogP contribution in [-0.4, -0.2) is 22.8 Å². The first-order valence-electron chi connectivity index (χ1n) is 4.16. The Labute approximate surface area is 76.7 Å². The Morgan fingerprint density at radius 1 is 1.54 bits per heavy atom. The number of carbonyl (C=O) groups is 1. The number of aromatic nitrogens is 1. The van der Waals surface area contributed by atoms with Crippen LogP contribution in [0.15, 0.2) is 30.6 Å². The smallest absolute Gasteiger partial charge is 0.230 e. The maximum atomic E-state index is 11.2. The van der Waals surface area contributed by atoms with Crippen molar-refractivity contribution >= 4 is 11.6 Å². The van der Waals surface area contributed by atoms with Crippen LogP contribution in [-0.2, 0) is 4.79 Å². The van der Waals surface area contributed by atoms with Crippen molar-refractivity contribution < 1.29 is 4.79 Å². The molecule has 0 N–H and O–H groups in total. The van der Waals surface area contributed by atoms with Gasteiger partial charge in [0.1, 0.15) is 0 Å². The van der Waals surface area contributed by atoms with Crippen LogP contribution in [0.4, 0.5) is 0 Å². The summed E-state index contributed by atoms with van der Waals surface area (Å²) in [5.41, 5.74) is 1.95. The summed E-state index contributed by atoms with van der Waals surface area (Å²) in [4.78, 5) is 16.9. The predicted molar refractivity (Wildman–Crippen MR) is 49.6 cm³/mol. The van der Waals surface area contributed by atoms with Gasteiger partial charge in [0.05, 0.1) is 0 Å². The maximum absolute atomic E-state index is 11.2. The Morgan fingerprint density at radius 3 is 2.92 bits per heavy atom. The number of nitrogens with zero attached hydrogens (tertiary/aromatic N) is 2. The largest absolute Gasteiger partial charge is 0.315 e. The monoisotopic (exact) mass is 174 g/mol. The van der Waals surface area contributed by atoms with Crippen LogP contribution >= 0.6 is 0 Å². The van der Waals surface area contributed by atoms with Gasteiger partial charge in [-0.25, -0.2) is 0 Å². The molecule has 66 valence electrons. The van der Waals surface area contributed by atoms with Crippen molar-refractivity contribution in [2.45, 2.75) is 6.42 Å². The van der Waals surface area contributed by atoms with Crippen LogP contribution in [0.1, 0.15) is 12.0 Å². The SMILES string of the molecule is CN1C(=O)CC=C1c1cccnc1. The van der Waals surface area contributed by atoms with Gasteiger partial charge in [-0.05, 0) is 12.1 Å². The lowest BCUT2D eigenvalue weighted by molar-refractivity contribution is -0.125. The lowest BCUT2D eigenvalue weighted by atomic mass is 10.2. The van der Waals surface area contributed by atoms with Crippen LogP contribution in [0.5, 0.6) is 0 Å². The normalized spacial score (nSPS) is 16.2. The summed E-state index contributed by atoms with van der Waals surface area (Å²) in [5, 5.41) is 0. The lowest BCUT2D eigenvalue weighted by Gasteiger charge is -2.13. The van der Waals surface area contributed by atoms with Gasteiger partial charge in [0, 0.05) is 37.1 Å². The van der Waals surface area contributed by atoms with Crippen molar-refractivity contribution in [1.29, 1.82) is 0 Å². The van der Waals surface area contributed by atoms with E-state index in [1.807, 2.05) is 18.2 Å². The van der Waals surface area contributed by atoms with Crippen molar-refractivity contribution in [3.8, 4) is 0 Å². The quantitative estimate of drug-likeness (QED) is 0.642. The summed E-state index contributed by atoms with van der Waals surface area (Å²) in [6.45, 7) is 0. The van der Waals surface area contributed by atoms with E-state index in [9.17, 15) is 4.79 Å². The molecular formula is C10H10N2O. The van der Waals surface area contributed by atoms with E-state index in [0.717, 1.165) is 11.3 Å². The lowest BCUT2D eigenvalue weighted by Crippen LogP contribution is -2.18. The highest BCUT2D eigenvalue weighted by Gasteiger charge is 2.20. The standard InChI is InChI=1S/C10H10N2O/c1-12-9(4-5-10(12)13)8-3-2-6-11-7-8/h2-4,6-7H,5H2,1H3. The zero-order chi connectivity index (χ0) is 9.26. The predicted octanol–water partition coefficient (Wildman–Crippen LogP) is 1.28. The van der Waals surface area contributed by atoms with E-state index in [1.54, 1.807) is 24.3 Å². The number of rotatable bonds is 1. The molecule has 0 bridgehead atoms. The fraction of sp³-hybridized carbons (Fsp3) is 0.200. The molecule has 1 aromatic rings. The number of carbonyl (C=O) groups excluding carboxylic acids is 1. The van der Waals surface area contributed by atoms with E-state index < -0.39 is 0 Å². The van der Waals surface area contributed by atoms with Gasteiger partial charge in [-0.15, -0.1) is 0 Å². The second kappa shape index (κ2) is 3.01. The molecule has 0 aromatic carbocycles. The van der Waals surface area contributed by atoms with Crippen molar-refractivity contribution in [2.24, 2.45) is 0 Å². The summed E-state index contributed by atoms with van der Waals surface area (Å²) < 4.78 is 0. The summed E-state index contributed by atoms with van der Waals surface area (Å²) in [7, 11) is 1.79. The summed E-state index contributed by atoms with van der Waals surface area (Å²) in [5.74, 6) is 0.138. The van der Waals surface area contributed by atoms with Crippen LogP contribution < -0.4 is 0 Å². The molecule has 1 aliphatic rings. The number of pyridine rings is 1. The van der Waals surface area contributed by atoms with Gasteiger partial charge in [-0.3, -0.25) is 9.78 Å². The van der Waals surface area contributed by atoms with Crippen LogP contribution in [0.2, 0.25) is 0 Å². The molecule has 1 amide bonds. The first-order chi connectivity index (χ1) is 6.29. The van der Waals surface area contributed by atoms with Crippen molar-refractivity contribution in [1.82, 2.24) is 9.88 Å². The fourth-order valence-corrected chi connectivity index (χ4v) is 1.42. The summed E-state index contributed by atoms with van der Waals surface area (Å²) in [6.07, 6.45) is 5.92. The third kappa shape index (κ3) is 1.33. The van der Waals surface area contributed by atoms with Crippen LogP contribution in [0.25, 0.3) is 5.70 Å². The van der Waals surface area contributed by atoms with E-state index in [4.69, 9.17) is 0 Å². The van der Waals surface area contributed by atoms with Gasteiger partial charge < -0.3 is 4.90 Å². The minimum Gasteiger partial charge on any atom is -0.315 e. The van der Waals surface area contributed by atoms with Crippen LogP contribution in [0, 0.1) is 0 Å². The summed E-state index contributed by atoms with van der Waals surface area (Å²) in [6, 6.07) is 3.82. The molecule has 0 saturated carbocycles. The highest BCUT2D eigenvalue weighted by molar-refractivity contribution is 5.93. The Morgan fingerprint density at radius 2 is 2.38 bits per heavy atom. The molecule has 2 rings (SSSR count). The average Bonchev–Trinajstić information content (AvgIpc) is 2.49. The highest BCUT2D eigenvalue weighted by atomic mass is 16.2. The van der Waals surface area contributed by atoms with E-state index in [1.165, 1.54) is 0 Å². The van der Waals surface area contributed by atoms with Gasteiger partial charge in [0.15, 0.2) is 0 Å². The Bertz CT molecular complexity index is 356. The van der Waals surface area contributed by atoms with Gasteiger partial charge >= 0.3 is 0 Å². The molecule has 0 aliphatic carbocycles. The molecule has 0 fully saturated rings. The average molecular weight is 174 g/mol. The van der Waals surface area contributed by atoms with Crippen LogP contribution in [0.3, 0.4) is 0 Å². The molecule has 1 aromatic heterocycles. The highest BCUT2D eigenvalue weighted by Crippen LogP contribution is 2.23. The second-order valence-corrected chi connectivity index (χ2v) is 2.99. The number of amides is 1. The number of hydrogen-bond acceptors (Lipinski definition) is 2. The maximum Gasteiger partial charge on any atom is 0.230 e. The molecular weight excluding hydrogens is 164 g/mol. The van der Waals surface area contributed by atoms with Gasteiger partial charge in [-0.1, -0.05) is 6.08 Å². The zero-order valence-electron chi connectivity index (χ0n) is 7.40. The molecule has 0 spiro atoms. The van der Waals surface area contributed by atoms with Crippen molar-refractivity contribution in [3.05, 3.63) is 36.2 Å². The molecule has 3 heteroatoms. The van der Waals surface area contributed by atoms with E-state index in [2.05, 4.69) is 4.98 Å². The first kappa shape index (κ1) is 7.98. The van der Waals surface area contributed by atoms with Gasteiger partial charge in [0.25, 0.3) is 0 Å². The molecule has 2 heterocycles. The molecule has 13 heavy (non-hydrogen) atoms. The van der Waals surface area contributed by atoms with E-state index in [0.29, 0.717) is 6.42 Å². The second-order valence-electron chi connectivity index (χ2n) is 2.99. The zero-order valence-corrected chi connectivity index (χ0v) is 7.40. The molecule has 0 unspecified atom stereocenters. The number of hydrogen-bond donors (Lipinski definition) is 0. The molecule has 0 radical (unpaired) electrons. The molecule has 3 nitrogen and oxygen atoms in total. The topological polar surface area (TPSA) is 33.2 Å². The molecule has 0 saturated heterocycles. The fourth-order valence-electron chi connectivity index (χ4n) is 1.42. The molecule has 1 aliphatic heterocycles. The first-order valence-corrected chi connectivity index (χ1v) is 4.16. The summed E-state index contributed by atoms with van der Waals surface area (Å²) >= 11 is 0. The molecule has 0 atom stereocenters. The Balaban J connectivity index is 2.34. The van der Waals surface area contributed by atoms with Crippen molar-refractivity contribution in [3.63, 3.8) is 0 Å². The van der Waals surface area contributed by atoms with Gasteiger partial charge in [-0.2, -0.15) is 0 Å². The Kier molecular flexibility index (Phi) is 1.85. The van der Waals surface area contributed by atoms with E-state index in [-0.39, 0.29) is 5.91 Å². The third-order valence-electron chi connectivity index (χ3n) is 2.16. The van der Waals surface area contributed by atoms with Crippen molar-refractivity contribution in [2.75, 3.05) is 7.05 Å². The third-order valence-corrected chi connectivity index (χ3v) is 2.16. The van der Waals surface area contributed by atoms with Gasteiger partial charge in [0.2, 0.25) is 5.91 Å². The minimum atomic E-state index is 0.138.